The highest BCUT2D eigenvalue weighted by atomic mass is 16.5. The fraction of sp³-hybridized carbons (Fsp3) is 0.214. The van der Waals surface area contributed by atoms with E-state index in [1.165, 1.54) is 12.1 Å². The third-order valence-corrected chi connectivity index (χ3v) is 2.49. The predicted molar refractivity (Wildman–Crippen MR) is 72.3 cm³/mol. The second kappa shape index (κ2) is 6.51. The molecule has 6 nitrogen and oxygen atoms in total. The summed E-state index contributed by atoms with van der Waals surface area (Å²) in [6.45, 7) is 2.02. The molecule has 1 atom stereocenters. The number of urea groups is 1. The van der Waals surface area contributed by atoms with Gasteiger partial charge in [-0.2, -0.15) is 0 Å². The summed E-state index contributed by atoms with van der Waals surface area (Å²) in [7, 11) is 0. The molecule has 106 valence electrons. The maximum absolute atomic E-state index is 11.6. The Morgan fingerprint density at radius 3 is 2.75 bits per heavy atom. The van der Waals surface area contributed by atoms with Crippen LogP contribution < -0.4 is 15.4 Å². The van der Waals surface area contributed by atoms with E-state index < -0.39 is 6.23 Å². The van der Waals surface area contributed by atoms with Gasteiger partial charge in [-0.05, 0) is 43.3 Å². The molecule has 0 spiro atoms. The number of phenolic OH excluding ortho intramolecular Hbond substituents is 1. The summed E-state index contributed by atoms with van der Waals surface area (Å²) in [6, 6.07) is 9.44. The number of carbonyl (C=O) groups is 1. The van der Waals surface area contributed by atoms with E-state index in [-0.39, 0.29) is 11.8 Å². The number of carbonyl (C=O) groups excluding carboxylic acids is 1. The molecule has 1 aromatic heterocycles. The predicted octanol–water partition coefficient (Wildman–Crippen LogP) is 2.21. The Hall–Kier alpha value is -2.63. The van der Waals surface area contributed by atoms with Crippen molar-refractivity contribution in [3.63, 3.8) is 0 Å². The summed E-state index contributed by atoms with van der Waals surface area (Å²) in [4.78, 5) is 11.6. The largest absolute Gasteiger partial charge is 0.508 e. The van der Waals surface area contributed by atoms with Gasteiger partial charge < -0.3 is 24.9 Å². The van der Waals surface area contributed by atoms with Crippen LogP contribution in [0.5, 0.6) is 11.5 Å². The van der Waals surface area contributed by atoms with Crippen LogP contribution in [-0.2, 0) is 6.54 Å². The summed E-state index contributed by atoms with van der Waals surface area (Å²) in [5.74, 6) is 1.39. The van der Waals surface area contributed by atoms with Gasteiger partial charge >= 0.3 is 6.03 Å². The van der Waals surface area contributed by atoms with Gasteiger partial charge in [0.15, 0.2) is 6.23 Å². The van der Waals surface area contributed by atoms with Gasteiger partial charge in [0, 0.05) is 0 Å². The molecule has 0 aliphatic heterocycles. The molecule has 3 N–H and O–H groups in total. The van der Waals surface area contributed by atoms with Crippen LogP contribution in [0.1, 0.15) is 12.7 Å². The van der Waals surface area contributed by atoms with Gasteiger partial charge in [-0.1, -0.05) is 0 Å². The normalized spacial score (nSPS) is 11.7. The smallest absolute Gasteiger partial charge is 0.317 e. The number of benzene rings is 1. The van der Waals surface area contributed by atoms with Crippen molar-refractivity contribution in [2.75, 3.05) is 0 Å². The molecule has 20 heavy (non-hydrogen) atoms. The summed E-state index contributed by atoms with van der Waals surface area (Å²) in [5.41, 5.74) is 0. The highest BCUT2D eigenvalue weighted by molar-refractivity contribution is 5.73. The maximum atomic E-state index is 11.6. The van der Waals surface area contributed by atoms with E-state index in [1.54, 1.807) is 37.5 Å². The Morgan fingerprint density at radius 2 is 2.10 bits per heavy atom. The number of furan rings is 1. The van der Waals surface area contributed by atoms with Gasteiger partial charge in [0.2, 0.25) is 0 Å². The molecule has 0 fully saturated rings. The summed E-state index contributed by atoms with van der Waals surface area (Å²) in [6.07, 6.45) is 1.04. The molecule has 0 radical (unpaired) electrons. The molecule has 0 saturated heterocycles. The van der Waals surface area contributed by atoms with Gasteiger partial charge in [0.25, 0.3) is 0 Å². The van der Waals surface area contributed by atoms with E-state index in [2.05, 4.69) is 10.6 Å². The van der Waals surface area contributed by atoms with Crippen molar-refractivity contribution >= 4 is 6.03 Å². The van der Waals surface area contributed by atoms with Crippen LogP contribution in [0, 0.1) is 0 Å². The average Bonchev–Trinajstić information content (AvgIpc) is 2.92. The minimum atomic E-state index is -0.504. The Morgan fingerprint density at radius 1 is 1.35 bits per heavy atom. The van der Waals surface area contributed by atoms with Gasteiger partial charge in [0.05, 0.1) is 12.8 Å². The summed E-state index contributed by atoms with van der Waals surface area (Å²) < 4.78 is 10.6. The van der Waals surface area contributed by atoms with Crippen LogP contribution in [-0.4, -0.2) is 17.4 Å². The lowest BCUT2D eigenvalue weighted by molar-refractivity contribution is 0.176. The van der Waals surface area contributed by atoms with Crippen LogP contribution in [0.15, 0.2) is 47.1 Å². The molecule has 2 amide bonds. The Bertz CT molecular complexity index is 537. The zero-order valence-corrected chi connectivity index (χ0v) is 11.0. The van der Waals surface area contributed by atoms with E-state index in [0.29, 0.717) is 18.1 Å². The molecule has 2 aromatic rings. The van der Waals surface area contributed by atoms with Crippen LogP contribution in [0.2, 0.25) is 0 Å². The first-order chi connectivity index (χ1) is 9.63. The van der Waals surface area contributed by atoms with Crippen molar-refractivity contribution in [2.45, 2.75) is 19.7 Å². The van der Waals surface area contributed by atoms with Crippen molar-refractivity contribution in [3.8, 4) is 11.5 Å². The second-order valence-electron chi connectivity index (χ2n) is 4.16. The molecular weight excluding hydrogens is 260 g/mol. The molecule has 6 heteroatoms. The quantitative estimate of drug-likeness (QED) is 0.731. The molecular formula is C14H16N2O4. The van der Waals surface area contributed by atoms with Crippen LogP contribution >= 0.6 is 0 Å². The zero-order chi connectivity index (χ0) is 14.4. The van der Waals surface area contributed by atoms with E-state index in [1.807, 2.05) is 0 Å². The van der Waals surface area contributed by atoms with Crippen LogP contribution in [0.3, 0.4) is 0 Å². The second-order valence-corrected chi connectivity index (χ2v) is 4.16. The van der Waals surface area contributed by atoms with Crippen molar-refractivity contribution in [3.05, 3.63) is 48.4 Å². The average molecular weight is 276 g/mol. The topological polar surface area (TPSA) is 83.7 Å². The highest BCUT2D eigenvalue weighted by Gasteiger charge is 2.08. The summed E-state index contributed by atoms with van der Waals surface area (Å²) in [5, 5.41) is 14.4. The van der Waals surface area contributed by atoms with Gasteiger partial charge in [-0.15, -0.1) is 0 Å². The SMILES string of the molecule is CC(NC(=O)NCc1ccco1)Oc1ccc(O)cc1. The van der Waals surface area contributed by atoms with E-state index in [9.17, 15) is 4.79 Å². The third kappa shape index (κ3) is 4.24. The van der Waals surface area contributed by atoms with Crippen LogP contribution in [0.4, 0.5) is 4.79 Å². The number of nitrogens with one attached hydrogen (secondary N) is 2. The lowest BCUT2D eigenvalue weighted by atomic mass is 10.3. The lowest BCUT2D eigenvalue weighted by Crippen LogP contribution is -2.42. The van der Waals surface area contributed by atoms with Crippen LogP contribution in [0.25, 0.3) is 0 Å². The van der Waals surface area contributed by atoms with Gasteiger partial charge in [-0.25, -0.2) is 4.79 Å². The number of rotatable bonds is 5. The van der Waals surface area contributed by atoms with Gasteiger partial charge in [-0.3, -0.25) is 0 Å². The number of phenols is 1. The van der Waals surface area contributed by atoms with Crippen molar-refractivity contribution in [1.82, 2.24) is 10.6 Å². The third-order valence-electron chi connectivity index (χ3n) is 2.49. The first-order valence-electron chi connectivity index (χ1n) is 6.16. The number of hydrogen-bond donors (Lipinski definition) is 3. The molecule has 2 rings (SSSR count). The number of ether oxygens (including phenoxy) is 1. The van der Waals surface area contributed by atoms with Gasteiger partial charge in [0.1, 0.15) is 17.3 Å². The molecule has 0 saturated carbocycles. The highest BCUT2D eigenvalue weighted by Crippen LogP contribution is 2.16. The fourth-order valence-electron chi connectivity index (χ4n) is 1.57. The standard InChI is InChI=1S/C14H16N2O4/c1-10(20-12-6-4-11(17)5-7-12)16-14(18)15-9-13-3-2-8-19-13/h2-8,10,17H,9H2,1H3,(H2,15,16,18). The van der Waals surface area contributed by atoms with E-state index >= 15 is 0 Å². The fourth-order valence-corrected chi connectivity index (χ4v) is 1.57. The number of hydrogen-bond acceptors (Lipinski definition) is 4. The first kappa shape index (κ1) is 13.8. The molecule has 0 bridgehead atoms. The van der Waals surface area contributed by atoms with E-state index in [0.717, 1.165) is 0 Å². The minimum absolute atomic E-state index is 0.161. The van der Waals surface area contributed by atoms with Crippen molar-refractivity contribution in [2.24, 2.45) is 0 Å². The van der Waals surface area contributed by atoms with E-state index in [4.69, 9.17) is 14.3 Å². The first-order valence-corrected chi connectivity index (χ1v) is 6.16. The number of aromatic hydroxyl groups is 1. The minimum Gasteiger partial charge on any atom is -0.508 e. The maximum Gasteiger partial charge on any atom is 0.317 e. The summed E-state index contributed by atoms with van der Waals surface area (Å²) >= 11 is 0. The van der Waals surface area contributed by atoms with Crippen molar-refractivity contribution in [1.29, 1.82) is 0 Å². The number of amides is 2. The molecule has 0 aliphatic carbocycles. The zero-order valence-electron chi connectivity index (χ0n) is 11.0. The Labute approximate surface area is 116 Å². The molecule has 1 heterocycles. The lowest BCUT2D eigenvalue weighted by Gasteiger charge is -2.16. The Balaban J connectivity index is 1.74. The van der Waals surface area contributed by atoms with Crippen molar-refractivity contribution < 1.29 is 19.1 Å². The Kier molecular flexibility index (Phi) is 4.49. The molecule has 0 aliphatic rings. The molecule has 1 aromatic carbocycles. The molecule has 1 unspecified atom stereocenters. The monoisotopic (exact) mass is 276 g/mol.